The van der Waals surface area contributed by atoms with Crippen molar-refractivity contribution >= 4 is 17.0 Å². The Hall–Kier alpha value is 0.440. The molecule has 0 radical (unpaired) electrons. The number of unbranched alkanes of at least 4 members (excludes halogenated alkanes) is 11. The Bertz CT molecular complexity index is 161. The molecule has 1 nitrogen and oxygen atoms in total. The summed E-state index contributed by atoms with van der Waals surface area (Å²) in [6, 6.07) is 0. The van der Waals surface area contributed by atoms with Gasteiger partial charge in [-0.05, 0) is 33.0 Å². The fraction of sp³-hybridized carbons (Fsp3) is 1.00. The van der Waals surface area contributed by atoms with Gasteiger partial charge in [0.15, 0.2) is 0 Å². The molecular formula is C18H40BrN. The van der Waals surface area contributed by atoms with Crippen LogP contribution in [-0.2, 0) is 0 Å². The normalized spacial score (nSPS) is 10.8. The molecule has 0 aromatic carbocycles. The van der Waals surface area contributed by atoms with Gasteiger partial charge in [0.05, 0.1) is 0 Å². The van der Waals surface area contributed by atoms with E-state index in [-0.39, 0.29) is 17.0 Å². The lowest BCUT2D eigenvalue weighted by atomic mass is 10.1. The Balaban J connectivity index is 0. The van der Waals surface area contributed by atoms with E-state index in [1.54, 1.807) is 0 Å². The molecule has 0 bridgehead atoms. The Morgan fingerprint density at radius 2 is 0.800 bits per heavy atom. The van der Waals surface area contributed by atoms with Crippen molar-refractivity contribution in [2.75, 3.05) is 20.1 Å². The van der Waals surface area contributed by atoms with E-state index in [0.717, 1.165) is 0 Å². The van der Waals surface area contributed by atoms with E-state index in [1.807, 2.05) is 0 Å². The van der Waals surface area contributed by atoms with Gasteiger partial charge in [0.25, 0.3) is 0 Å². The van der Waals surface area contributed by atoms with Crippen molar-refractivity contribution < 1.29 is 0 Å². The summed E-state index contributed by atoms with van der Waals surface area (Å²) >= 11 is 0. The Morgan fingerprint density at radius 1 is 0.500 bits per heavy atom. The van der Waals surface area contributed by atoms with Crippen LogP contribution in [0.2, 0.25) is 0 Å². The zero-order valence-corrected chi connectivity index (χ0v) is 16.2. The molecule has 0 aliphatic rings. The van der Waals surface area contributed by atoms with Gasteiger partial charge in [-0.25, -0.2) is 0 Å². The molecule has 0 aromatic heterocycles. The number of nitrogens with zero attached hydrogens (tertiary/aromatic N) is 1. The molecule has 0 aromatic rings. The Kier molecular flexibility index (Phi) is 22.1. The summed E-state index contributed by atoms with van der Waals surface area (Å²) in [5.41, 5.74) is 0. The molecule has 0 unspecified atom stereocenters. The number of halogens is 1. The first-order chi connectivity index (χ1) is 9.31. The largest absolute Gasteiger partial charge is 0.306 e. The molecule has 0 aliphatic carbocycles. The molecule has 0 spiro atoms. The van der Waals surface area contributed by atoms with Gasteiger partial charge >= 0.3 is 0 Å². The number of hydrogen-bond donors (Lipinski definition) is 0. The number of rotatable bonds is 15. The van der Waals surface area contributed by atoms with Gasteiger partial charge in [-0.3, -0.25) is 0 Å². The van der Waals surface area contributed by atoms with E-state index in [2.05, 4.69) is 25.8 Å². The third-order valence-corrected chi connectivity index (χ3v) is 4.04. The monoisotopic (exact) mass is 349 g/mol. The summed E-state index contributed by atoms with van der Waals surface area (Å²) < 4.78 is 0. The summed E-state index contributed by atoms with van der Waals surface area (Å²) in [5, 5.41) is 0. The van der Waals surface area contributed by atoms with Crippen LogP contribution in [0.1, 0.15) is 97.3 Å². The number of hydrogen-bond acceptors (Lipinski definition) is 1. The van der Waals surface area contributed by atoms with Crippen molar-refractivity contribution in [2.45, 2.75) is 97.3 Å². The minimum absolute atomic E-state index is 0. The van der Waals surface area contributed by atoms with Crippen LogP contribution < -0.4 is 0 Å². The summed E-state index contributed by atoms with van der Waals surface area (Å²) in [7, 11) is 2.29. The SMILES string of the molecule is Br.CCCCCCCCCN(C)CCCCCCCC. The van der Waals surface area contributed by atoms with Crippen molar-refractivity contribution in [3.63, 3.8) is 0 Å². The lowest BCUT2D eigenvalue weighted by Crippen LogP contribution is -2.20. The third kappa shape index (κ3) is 18.4. The van der Waals surface area contributed by atoms with Gasteiger partial charge in [0.1, 0.15) is 0 Å². The Labute approximate surface area is 139 Å². The second-order valence-electron chi connectivity index (χ2n) is 6.19. The molecule has 0 amide bonds. The van der Waals surface area contributed by atoms with Crippen molar-refractivity contribution in [2.24, 2.45) is 0 Å². The highest BCUT2D eigenvalue weighted by atomic mass is 79.9. The third-order valence-electron chi connectivity index (χ3n) is 4.04. The molecule has 0 atom stereocenters. The predicted octanol–water partition coefficient (Wildman–Crippen LogP) is 6.61. The molecule has 0 rings (SSSR count). The summed E-state index contributed by atoms with van der Waals surface area (Å²) in [5.74, 6) is 0. The van der Waals surface area contributed by atoms with E-state index in [9.17, 15) is 0 Å². The van der Waals surface area contributed by atoms with Gasteiger partial charge in [-0.1, -0.05) is 84.5 Å². The van der Waals surface area contributed by atoms with Crippen LogP contribution in [-0.4, -0.2) is 25.0 Å². The average Bonchev–Trinajstić information content (AvgIpc) is 2.41. The van der Waals surface area contributed by atoms with Gasteiger partial charge < -0.3 is 4.90 Å². The quantitative estimate of drug-likeness (QED) is 0.300. The zero-order valence-electron chi connectivity index (χ0n) is 14.5. The molecule has 0 aliphatic heterocycles. The van der Waals surface area contributed by atoms with Crippen LogP contribution in [0.25, 0.3) is 0 Å². The first-order valence-electron chi connectivity index (χ1n) is 8.99. The molecule has 0 saturated heterocycles. The van der Waals surface area contributed by atoms with Gasteiger partial charge in [0.2, 0.25) is 0 Å². The maximum atomic E-state index is 2.53. The molecule has 0 saturated carbocycles. The molecule has 124 valence electrons. The zero-order chi connectivity index (χ0) is 14.2. The highest BCUT2D eigenvalue weighted by Gasteiger charge is 1.98. The standard InChI is InChI=1S/C18H39N.BrH/c1-4-6-8-10-12-14-16-18-19(3)17-15-13-11-9-7-5-2;/h4-18H2,1-3H3;1H. The van der Waals surface area contributed by atoms with E-state index in [0.29, 0.717) is 0 Å². The fourth-order valence-electron chi connectivity index (χ4n) is 2.61. The molecule has 0 fully saturated rings. The molecule has 2 heteroatoms. The molecule has 0 N–H and O–H groups in total. The van der Waals surface area contributed by atoms with E-state index < -0.39 is 0 Å². The first kappa shape index (κ1) is 22.7. The van der Waals surface area contributed by atoms with Gasteiger partial charge in [-0.2, -0.15) is 0 Å². The topological polar surface area (TPSA) is 3.24 Å². The maximum Gasteiger partial charge on any atom is -0.00218 e. The van der Waals surface area contributed by atoms with E-state index >= 15 is 0 Å². The summed E-state index contributed by atoms with van der Waals surface area (Å²) in [4.78, 5) is 2.53. The van der Waals surface area contributed by atoms with Crippen LogP contribution >= 0.6 is 17.0 Å². The van der Waals surface area contributed by atoms with Gasteiger partial charge in [-0.15, -0.1) is 17.0 Å². The second kappa shape index (κ2) is 19.4. The van der Waals surface area contributed by atoms with Crippen LogP contribution in [0.5, 0.6) is 0 Å². The van der Waals surface area contributed by atoms with E-state index in [4.69, 9.17) is 0 Å². The smallest absolute Gasteiger partial charge is 0.00218 e. The fourth-order valence-corrected chi connectivity index (χ4v) is 2.61. The highest BCUT2D eigenvalue weighted by Crippen LogP contribution is 2.08. The highest BCUT2D eigenvalue weighted by molar-refractivity contribution is 8.93. The van der Waals surface area contributed by atoms with Crippen molar-refractivity contribution in [3.8, 4) is 0 Å². The second-order valence-corrected chi connectivity index (χ2v) is 6.19. The Morgan fingerprint density at radius 3 is 1.15 bits per heavy atom. The van der Waals surface area contributed by atoms with Crippen LogP contribution in [0, 0.1) is 0 Å². The minimum atomic E-state index is 0. The summed E-state index contributed by atoms with van der Waals surface area (Å²) in [6.45, 7) is 7.19. The van der Waals surface area contributed by atoms with Gasteiger partial charge in [0, 0.05) is 0 Å². The summed E-state index contributed by atoms with van der Waals surface area (Å²) in [6.07, 6.45) is 18.5. The minimum Gasteiger partial charge on any atom is -0.306 e. The molecule has 0 heterocycles. The molecule has 20 heavy (non-hydrogen) atoms. The van der Waals surface area contributed by atoms with Crippen molar-refractivity contribution in [1.82, 2.24) is 4.90 Å². The van der Waals surface area contributed by atoms with Crippen LogP contribution in [0.4, 0.5) is 0 Å². The van der Waals surface area contributed by atoms with Crippen molar-refractivity contribution in [3.05, 3.63) is 0 Å². The maximum absolute atomic E-state index is 2.53. The van der Waals surface area contributed by atoms with Crippen molar-refractivity contribution in [1.29, 1.82) is 0 Å². The van der Waals surface area contributed by atoms with Crippen LogP contribution in [0.15, 0.2) is 0 Å². The molecular weight excluding hydrogens is 310 g/mol. The van der Waals surface area contributed by atoms with Crippen LogP contribution in [0.3, 0.4) is 0 Å². The predicted molar refractivity (Wildman–Crippen MR) is 99.2 cm³/mol. The lowest BCUT2D eigenvalue weighted by molar-refractivity contribution is 0.314. The lowest BCUT2D eigenvalue weighted by Gasteiger charge is -2.16. The average molecular weight is 350 g/mol. The first-order valence-corrected chi connectivity index (χ1v) is 8.99. The van der Waals surface area contributed by atoms with E-state index in [1.165, 1.54) is 96.6 Å².